The topological polar surface area (TPSA) is 89.0 Å². The maximum Gasteiger partial charge on any atom is 0.337 e. The van der Waals surface area contributed by atoms with Crippen LogP contribution < -0.4 is 10.6 Å². The Balaban J connectivity index is 2.25. The molecule has 0 atom stereocenters. The Kier molecular flexibility index (Phi) is 5.00. The molecule has 8 heteroatoms. The molecule has 0 saturated heterocycles. The first-order chi connectivity index (χ1) is 10.8. The van der Waals surface area contributed by atoms with Crippen LogP contribution >= 0.6 is 11.6 Å². The van der Waals surface area contributed by atoms with Crippen molar-refractivity contribution < 1.29 is 9.53 Å². The number of hydrogen-bond acceptors (Lipinski definition) is 7. The fourth-order valence-electron chi connectivity index (χ4n) is 1.79. The van der Waals surface area contributed by atoms with E-state index in [0.717, 1.165) is 0 Å². The van der Waals surface area contributed by atoms with Crippen molar-refractivity contribution in [1.82, 2.24) is 15.2 Å². The number of halogens is 1. The lowest BCUT2D eigenvalue weighted by Gasteiger charge is -2.21. The van der Waals surface area contributed by atoms with Crippen molar-refractivity contribution in [2.45, 2.75) is 26.3 Å². The minimum atomic E-state index is -0.452. The molecule has 2 N–H and O–H groups in total. The van der Waals surface area contributed by atoms with Gasteiger partial charge in [0.1, 0.15) is 0 Å². The van der Waals surface area contributed by atoms with Crippen molar-refractivity contribution in [1.29, 1.82) is 0 Å². The fourth-order valence-corrected chi connectivity index (χ4v) is 1.95. The van der Waals surface area contributed by atoms with Crippen LogP contribution in [-0.4, -0.2) is 33.8 Å². The molecule has 7 nitrogen and oxygen atoms in total. The molecule has 1 aromatic carbocycles. The molecule has 122 valence electrons. The van der Waals surface area contributed by atoms with Gasteiger partial charge in [-0.2, -0.15) is 10.1 Å². The first kappa shape index (κ1) is 17.0. The van der Waals surface area contributed by atoms with Crippen LogP contribution in [0.3, 0.4) is 0 Å². The molecule has 0 spiro atoms. The highest BCUT2D eigenvalue weighted by atomic mass is 35.5. The Morgan fingerprint density at radius 2 is 2.04 bits per heavy atom. The molecule has 0 aliphatic carbocycles. The summed E-state index contributed by atoms with van der Waals surface area (Å²) in [5, 5.41) is 14.4. The molecule has 0 amide bonds. The van der Waals surface area contributed by atoms with Gasteiger partial charge in [0.2, 0.25) is 5.95 Å². The van der Waals surface area contributed by atoms with Gasteiger partial charge in [-0.25, -0.2) is 4.79 Å². The summed E-state index contributed by atoms with van der Waals surface area (Å²) in [6.07, 6.45) is 1.53. The number of nitrogens with one attached hydrogen (secondary N) is 2. The Bertz CT molecular complexity index is 715. The highest BCUT2D eigenvalue weighted by Crippen LogP contribution is 2.26. The van der Waals surface area contributed by atoms with Crippen molar-refractivity contribution >= 4 is 35.0 Å². The Hall–Kier alpha value is -2.41. The molecule has 1 aromatic heterocycles. The number of methoxy groups -OCH3 is 1. The van der Waals surface area contributed by atoms with Crippen molar-refractivity contribution in [3.8, 4) is 0 Å². The van der Waals surface area contributed by atoms with Crippen LogP contribution in [0.1, 0.15) is 31.1 Å². The largest absolute Gasteiger partial charge is 0.465 e. The normalized spacial score (nSPS) is 11.0. The molecule has 2 rings (SSSR count). The van der Waals surface area contributed by atoms with Crippen LogP contribution in [0.5, 0.6) is 0 Å². The second kappa shape index (κ2) is 6.78. The summed E-state index contributed by atoms with van der Waals surface area (Å²) in [6, 6.07) is 4.75. The molecular weight excluding hydrogens is 318 g/mol. The quantitative estimate of drug-likeness (QED) is 0.829. The molecule has 0 radical (unpaired) electrons. The molecule has 1 heterocycles. The van der Waals surface area contributed by atoms with Crippen molar-refractivity contribution in [3.63, 3.8) is 0 Å². The van der Waals surface area contributed by atoms with E-state index in [-0.39, 0.29) is 11.5 Å². The maximum absolute atomic E-state index is 11.6. The number of nitrogens with zero attached hydrogens (tertiary/aromatic N) is 3. The zero-order chi connectivity index (χ0) is 17.0. The number of carbonyl (C=O) groups is 1. The molecule has 0 aliphatic heterocycles. The smallest absolute Gasteiger partial charge is 0.337 e. The minimum Gasteiger partial charge on any atom is -0.465 e. The summed E-state index contributed by atoms with van der Waals surface area (Å²) in [6.45, 7) is 6.04. The van der Waals surface area contributed by atoms with Gasteiger partial charge in [-0.1, -0.05) is 11.6 Å². The van der Waals surface area contributed by atoms with Crippen LogP contribution in [0.4, 0.5) is 17.5 Å². The zero-order valence-corrected chi connectivity index (χ0v) is 14.1. The van der Waals surface area contributed by atoms with Crippen LogP contribution in [0.15, 0.2) is 24.4 Å². The predicted octanol–water partition coefficient (Wildman–Crippen LogP) is 3.27. The van der Waals surface area contributed by atoms with E-state index in [1.165, 1.54) is 13.3 Å². The van der Waals surface area contributed by atoms with Gasteiger partial charge in [0, 0.05) is 5.54 Å². The minimum absolute atomic E-state index is 0.157. The number of ether oxygens (including phenoxy) is 1. The van der Waals surface area contributed by atoms with E-state index >= 15 is 0 Å². The number of carbonyl (C=O) groups excluding carboxylic acids is 1. The van der Waals surface area contributed by atoms with Crippen LogP contribution in [0.25, 0.3) is 0 Å². The van der Waals surface area contributed by atoms with E-state index in [1.54, 1.807) is 18.2 Å². The highest BCUT2D eigenvalue weighted by Gasteiger charge is 2.13. The van der Waals surface area contributed by atoms with Crippen LogP contribution in [0, 0.1) is 0 Å². The molecular formula is C15H18ClN5O2. The Labute approximate surface area is 139 Å². The van der Waals surface area contributed by atoms with E-state index in [1.807, 2.05) is 20.8 Å². The van der Waals surface area contributed by atoms with Gasteiger partial charge in [-0.05, 0) is 39.0 Å². The lowest BCUT2D eigenvalue weighted by atomic mass is 10.1. The summed E-state index contributed by atoms with van der Waals surface area (Å²) < 4.78 is 4.69. The van der Waals surface area contributed by atoms with E-state index in [2.05, 4.69) is 25.8 Å². The Morgan fingerprint density at radius 3 is 2.70 bits per heavy atom. The monoisotopic (exact) mass is 335 g/mol. The van der Waals surface area contributed by atoms with Crippen LogP contribution in [-0.2, 0) is 4.74 Å². The highest BCUT2D eigenvalue weighted by molar-refractivity contribution is 6.33. The fraction of sp³-hybridized carbons (Fsp3) is 0.333. The molecule has 0 fully saturated rings. The standard InChI is InChI=1S/C15H18ClN5O2/c1-15(2,3)20-12-8-17-21-14(19-12)18-11-7-9(13(22)23-4)5-6-10(11)16/h5-8H,1-4H3,(H2,18,19,20,21). The first-order valence-electron chi connectivity index (χ1n) is 6.91. The average Bonchev–Trinajstić information content (AvgIpc) is 2.47. The van der Waals surface area contributed by atoms with Gasteiger partial charge in [-0.15, -0.1) is 5.10 Å². The van der Waals surface area contributed by atoms with E-state index in [4.69, 9.17) is 16.3 Å². The van der Waals surface area contributed by atoms with E-state index in [9.17, 15) is 4.79 Å². The van der Waals surface area contributed by atoms with Gasteiger partial charge in [-0.3, -0.25) is 0 Å². The third-order valence-electron chi connectivity index (χ3n) is 2.70. The molecule has 0 bridgehead atoms. The summed E-state index contributed by atoms with van der Waals surface area (Å²) in [5.74, 6) is 0.394. The lowest BCUT2D eigenvalue weighted by molar-refractivity contribution is 0.0601. The molecule has 0 saturated carbocycles. The van der Waals surface area contributed by atoms with Gasteiger partial charge in [0.05, 0.1) is 29.6 Å². The lowest BCUT2D eigenvalue weighted by Crippen LogP contribution is -2.27. The number of anilines is 3. The summed E-state index contributed by atoms with van der Waals surface area (Å²) >= 11 is 6.13. The zero-order valence-electron chi connectivity index (χ0n) is 13.3. The third kappa shape index (κ3) is 4.79. The maximum atomic E-state index is 11.6. The number of hydrogen-bond donors (Lipinski definition) is 2. The number of benzene rings is 1. The van der Waals surface area contributed by atoms with Gasteiger partial charge < -0.3 is 15.4 Å². The number of rotatable bonds is 4. The van der Waals surface area contributed by atoms with Gasteiger partial charge >= 0.3 is 5.97 Å². The van der Waals surface area contributed by atoms with Crippen molar-refractivity contribution in [3.05, 3.63) is 35.0 Å². The molecule has 23 heavy (non-hydrogen) atoms. The second-order valence-electron chi connectivity index (χ2n) is 5.85. The molecule has 2 aromatic rings. The van der Waals surface area contributed by atoms with Gasteiger partial charge in [0.25, 0.3) is 0 Å². The van der Waals surface area contributed by atoms with Gasteiger partial charge in [0.15, 0.2) is 5.82 Å². The number of aromatic nitrogens is 3. The van der Waals surface area contributed by atoms with E-state index in [0.29, 0.717) is 22.1 Å². The average molecular weight is 336 g/mol. The second-order valence-corrected chi connectivity index (χ2v) is 6.26. The molecule has 0 aliphatic rings. The number of esters is 1. The van der Waals surface area contributed by atoms with Crippen molar-refractivity contribution in [2.24, 2.45) is 0 Å². The summed E-state index contributed by atoms with van der Waals surface area (Å²) in [4.78, 5) is 15.9. The molecule has 0 unspecified atom stereocenters. The van der Waals surface area contributed by atoms with Crippen molar-refractivity contribution in [2.75, 3.05) is 17.7 Å². The predicted molar refractivity (Wildman–Crippen MR) is 89.3 cm³/mol. The Morgan fingerprint density at radius 1 is 1.30 bits per heavy atom. The first-order valence-corrected chi connectivity index (χ1v) is 7.29. The third-order valence-corrected chi connectivity index (χ3v) is 3.03. The van der Waals surface area contributed by atoms with Crippen LogP contribution in [0.2, 0.25) is 5.02 Å². The summed E-state index contributed by atoms with van der Waals surface area (Å²) in [5.41, 5.74) is 0.705. The summed E-state index contributed by atoms with van der Waals surface area (Å²) in [7, 11) is 1.32. The van der Waals surface area contributed by atoms with E-state index < -0.39 is 5.97 Å². The SMILES string of the molecule is COC(=O)c1ccc(Cl)c(Nc2nncc(NC(C)(C)C)n2)c1.